The number of sulfonamides is 1. The second-order valence-electron chi connectivity index (χ2n) is 6.38. The predicted octanol–water partition coefficient (Wildman–Crippen LogP) is 0.893. The molecule has 0 radical (unpaired) electrons. The quantitative estimate of drug-likeness (QED) is 0.471. The van der Waals surface area contributed by atoms with Crippen LogP contribution in [0.3, 0.4) is 0 Å². The zero-order chi connectivity index (χ0) is 20.8. The van der Waals surface area contributed by atoms with Gasteiger partial charge in [-0.15, -0.1) is 0 Å². The van der Waals surface area contributed by atoms with Crippen LogP contribution in [-0.2, 0) is 29.1 Å². The summed E-state index contributed by atoms with van der Waals surface area (Å²) in [6, 6.07) is 0.783. The molecular formula is C18H28N2O6S. The Morgan fingerprint density at radius 2 is 1.67 bits per heavy atom. The van der Waals surface area contributed by atoms with E-state index in [1.807, 2.05) is 19.9 Å². The summed E-state index contributed by atoms with van der Waals surface area (Å²) in [6.45, 7) is 8.63. The van der Waals surface area contributed by atoms with Crippen molar-refractivity contribution in [3.8, 4) is 0 Å². The first-order chi connectivity index (χ1) is 12.5. The maximum Gasteiger partial charge on any atom is 0.324 e. The van der Waals surface area contributed by atoms with Crippen molar-refractivity contribution in [2.45, 2.75) is 45.6 Å². The van der Waals surface area contributed by atoms with Gasteiger partial charge >= 0.3 is 5.97 Å². The molecular weight excluding hydrogens is 372 g/mol. The average Bonchev–Trinajstić information content (AvgIpc) is 2.57. The van der Waals surface area contributed by atoms with Gasteiger partial charge in [0, 0.05) is 13.7 Å². The summed E-state index contributed by atoms with van der Waals surface area (Å²) in [5.41, 5.74) is 2.95. The van der Waals surface area contributed by atoms with Crippen LogP contribution < -0.4 is 10.0 Å². The molecule has 0 aliphatic heterocycles. The van der Waals surface area contributed by atoms with Crippen molar-refractivity contribution in [3.63, 3.8) is 0 Å². The van der Waals surface area contributed by atoms with Gasteiger partial charge in [-0.25, -0.2) is 8.42 Å². The lowest BCUT2D eigenvalue weighted by molar-refractivity contribution is -0.149. The number of hydrogen-bond donors (Lipinski definition) is 2. The van der Waals surface area contributed by atoms with E-state index < -0.39 is 34.5 Å². The van der Waals surface area contributed by atoms with E-state index in [-0.39, 0.29) is 4.90 Å². The highest BCUT2D eigenvalue weighted by molar-refractivity contribution is 7.89. The Bertz CT molecular complexity index is 778. The molecule has 1 aromatic rings. The van der Waals surface area contributed by atoms with Crippen molar-refractivity contribution < 1.29 is 27.5 Å². The fraction of sp³-hybridized carbons (Fsp3) is 0.556. The maximum absolute atomic E-state index is 12.8. The number of ether oxygens (including phenoxy) is 2. The molecule has 0 saturated heterocycles. The number of carbonyl (C=O) groups excluding carboxylic acids is 2. The molecule has 0 unspecified atom stereocenters. The number of benzene rings is 1. The third-order valence-electron chi connectivity index (χ3n) is 4.23. The fourth-order valence-corrected chi connectivity index (χ4v) is 4.34. The molecule has 0 bridgehead atoms. The molecule has 1 rings (SSSR count). The van der Waals surface area contributed by atoms with Gasteiger partial charge < -0.3 is 14.8 Å². The van der Waals surface area contributed by atoms with E-state index in [1.54, 1.807) is 13.8 Å². The highest BCUT2D eigenvalue weighted by atomic mass is 32.2. The van der Waals surface area contributed by atoms with E-state index >= 15 is 0 Å². The van der Waals surface area contributed by atoms with Crippen molar-refractivity contribution in [3.05, 3.63) is 28.3 Å². The highest BCUT2D eigenvalue weighted by Crippen LogP contribution is 2.26. The van der Waals surface area contributed by atoms with E-state index in [4.69, 9.17) is 9.47 Å². The summed E-state index contributed by atoms with van der Waals surface area (Å²) < 4.78 is 37.6. The number of esters is 1. The lowest BCUT2D eigenvalue weighted by Gasteiger charge is -2.18. The van der Waals surface area contributed by atoms with Gasteiger partial charge in [0.15, 0.2) is 6.61 Å². The number of rotatable bonds is 9. The first-order valence-corrected chi connectivity index (χ1v) is 10.0. The van der Waals surface area contributed by atoms with Crippen molar-refractivity contribution in [2.24, 2.45) is 0 Å². The number of methoxy groups -OCH3 is 1. The first kappa shape index (κ1) is 23.1. The molecule has 0 aromatic heterocycles. The molecule has 1 amide bonds. The van der Waals surface area contributed by atoms with Crippen LogP contribution in [0.15, 0.2) is 11.0 Å². The summed E-state index contributed by atoms with van der Waals surface area (Å²) in [6.07, 6.45) is 0. The minimum Gasteiger partial charge on any atom is -0.454 e. The maximum atomic E-state index is 12.8. The molecule has 1 aromatic carbocycles. The SMILES string of the molecule is COCCNC(=O)COC(=O)[C@H](C)NS(=O)(=O)c1c(C)c(C)cc(C)c1C. The summed E-state index contributed by atoms with van der Waals surface area (Å²) in [5.74, 6) is -1.32. The van der Waals surface area contributed by atoms with E-state index in [0.717, 1.165) is 11.1 Å². The molecule has 0 fully saturated rings. The van der Waals surface area contributed by atoms with Crippen molar-refractivity contribution in [1.82, 2.24) is 10.0 Å². The van der Waals surface area contributed by atoms with Crippen molar-refractivity contribution in [2.75, 3.05) is 26.9 Å². The molecule has 27 heavy (non-hydrogen) atoms. The number of aryl methyl sites for hydroxylation is 2. The second-order valence-corrected chi connectivity index (χ2v) is 8.03. The van der Waals surface area contributed by atoms with Crippen LogP contribution in [-0.4, -0.2) is 53.2 Å². The van der Waals surface area contributed by atoms with Crippen LogP contribution in [0.25, 0.3) is 0 Å². The summed E-state index contributed by atoms with van der Waals surface area (Å²) >= 11 is 0. The molecule has 0 aliphatic carbocycles. The highest BCUT2D eigenvalue weighted by Gasteiger charge is 2.27. The second kappa shape index (κ2) is 9.82. The van der Waals surface area contributed by atoms with E-state index in [1.165, 1.54) is 14.0 Å². The van der Waals surface area contributed by atoms with Gasteiger partial charge in [0.05, 0.1) is 11.5 Å². The van der Waals surface area contributed by atoms with E-state index in [9.17, 15) is 18.0 Å². The fourth-order valence-electron chi connectivity index (χ4n) is 2.53. The molecule has 0 aliphatic rings. The van der Waals surface area contributed by atoms with Crippen LogP contribution in [0, 0.1) is 27.7 Å². The largest absolute Gasteiger partial charge is 0.454 e. The Labute approximate surface area is 160 Å². The van der Waals surface area contributed by atoms with Crippen molar-refractivity contribution in [1.29, 1.82) is 0 Å². The van der Waals surface area contributed by atoms with Crippen LogP contribution in [0.4, 0.5) is 0 Å². The molecule has 0 spiro atoms. The number of hydrogen-bond acceptors (Lipinski definition) is 6. The Balaban J connectivity index is 2.80. The summed E-state index contributed by atoms with van der Waals surface area (Å²) in [4.78, 5) is 23.7. The van der Waals surface area contributed by atoms with Gasteiger partial charge in [-0.2, -0.15) is 4.72 Å². The lowest BCUT2D eigenvalue weighted by atomic mass is 10.0. The zero-order valence-corrected chi connectivity index (χ0v) is 17.5. The normalized spacial score (nSPS) is 12.5. The summed E-state index contributed by atoms with van der Waals surface area (Å²) in [7, 11) is -2.44. The zero-order valence-electron chi connectivity index (χ0n) is 16.6. The molecule has 9 heteroatoms. The minimum absolute atomic E-state index is 0.164. The van der Waals surface area contributed by atoms with Crippen molar-refractivity contribution >= 4 is 21.9 Å². The van der Waals surface area contributed by atoms with Crippen LogP contribution >= 0.6 is 0 Å². The third kappa shape index (κ3) is 6.30. The van der Waals surface area contributed by atoms with Gasteiger partial charge in [-0.05, 0) is 56.9 Å². The summed E-state index contributed by atoms with van der Waals surface area (Å²) in [5, 5.41) is 2.50. The van der Waals surface area contributed by atoms with Gasteiger partial charge in [-0.3, -0.25) is 9.59 Å². The Morgan fingerprint density at radius 1 is 1.11 bits per heavy atom. The minimum atomic E-state index is -3.93. The number of carbonyl (C=O) groups is 2. The van der Waals surface area contributed by atoms with E-state index in [0.29, 0.717) is 24.3 Å². The van der Waals surface area contributed by atoms with Crippen LogP contribution in [0.2, 0.25) is 0 Å². The van der Waals surface area contributed by atoms with Gasteiger partial charge in [0.2, 0.25) is 10.0 Å². The third-order valence-corrected chi connectivity index (χ3v) is 6.04. The average molecular weight is 400 g/mol. The van der Waals surface area contributed by atoms with Gasteiger partial charge in [-0.1, -0.05) is 6.07 Å². The van der Waals surface area contributed by atoms with Crippen LogP contribution in [0.5, 0.6) is 0 Å². The topological polar surface area (TPSA) is 111 Å². The predicted molar refractivity (Wildman–Crippen MR) is 101 cm³/mol. The monoisotopic (exact) mass is 400 g/mol. The van der Waals surface area contributed by atoms with E-state index in [2.05, 4.69) is 10.0 Å². The lowest BCUT2D eigenvalue weighted by Crippen LogP contribution is -2.41. The Kier molecular flexibility index (Phi) is 8.39. The molecule has 0 heterocycles. The Hall–Kier alpha value is -1.97. The smallest absolute Gasteiger partial charge is 0.324 e. The molecule has 0 saturated carbocycles. The molecule has 1 atom stereocenters. The number of amides is 1. The number of nitrogens with one attached hydrogen (secondary N) is 2. The molecule has 8 nitrogen and oxygen atoms in total. The molecule has 2 N–H and O–H groups in total. The van der Waals surface area contributed by atoms with Crippen LogP contribution in [0.1, 0.15) is 29.2 Å². The standard InChI is InChI=1S/C18H28N2O6S/c1-11-9-12(2)14(4)17(13(11)3)27(23,24)20-15(5)18(22)26-10-16(21)19-7-8-25-6/h9,15,20H,7-8,10H2,1-6H3,(H,19,21)/t15-/m0/s1. The molecule has 152 valence electrons. The van der Waals surface area contributed by atoms with Gasteiger partial charge in [0.25, 0.3) is 5.91 Å². The van der Waals surface area contributed by atoms with Gasteiger partial charge in [0.1, 0.15) is 6.04 Å². The first-order valence-electron chi connectivity index (χ1n) is 8.53. The Morgan fingerprint density at radius 3 is 2.19 bits per heavy atom.